The van der Waals surface area contributed by atoms with Crippen LogP contribution < -0.4 is 16.3 Å². The molecule has 0 radical (unpaired) electrons. The van der Waals surface area contributed by atoms with Crippen molar-refractivity contribution in [1.29, 1.82) is 0 Å². The third kappa shape index (κ3) is 7.13. The number of piperazine rings is 1. The number of aromatic amines is 1. The fourth-order valence-electron chi connectivity index (χ4n) is 4.20. The number of benzene rings is 2. The largest absolute Gasteiger partial charge is 0.480 e. The smallest absolute Gasteiger partial charge is 0.346 e. The number of urea groups is 1. The molecule has 12 nitrogen and oxygen atoms in total. The number of H-pyrrole nitrogens is 1. The molecule has 4 amide bonds. The van der Waals surface area contributed by atoms with E-state index < -0.39 is 29.6 Å². The van der Waals surface area contributed by atoms with Gasteiger partial charge in [0.2, 0.25) is 0 Å². The van der Waals surface area contributed by atoms with Gasteiger partial charge in [0, 0.05) is 44.4 Å². The quantitative estimate of drug-likeness (QED) is 0.301. The maximum absolute atomic E-state index is 13.0. The van der Waals surface area contributed by atoms with Gasteiger partial charge in [0.15, 0.2) is 0 Å². The first-order valence-corrected chi connectivity index (χ1v) is 13.8. The second-order valence-corrected chi connectivity index (χ2v) is 10.7. The van der Waals surface area contributed by atoms with Crippen LogP contribution in [0.25, 0.3) is 0 Å². The van der Waals surface area contributed by atoms with E-state index in [-0.39, 0.29) is 81.1 Å². The predicted octanol–water partition coefficient (Wildman–Crippen LogP) is 3.80. The molecule has 220 valence electrons. The minimum atomic E-state index is -1.47. The van der Waals surface area contributed by atoms with Crippen molar-refractivity contribution in [2.45, 2.75) is 12.5 Å². The maximum Gasteiger partial charge on any atom is 0.346 e. The number of carbonyl (C=O) groups is 4. The summed E-state index contributed by atoms with van der Waals surface area (Å²) in [7, 11) is 0. The van der Waals surface area contributed by atoms with Crippen molar-refractivity contribution < 1.29 is 24.3 Å². The van der Waals surface area contributed by atoms with Crippen molar-refractivity contribution in [1.82, 2.24) is 25.1 Å². The summed E-state index contributed by atoms with van der Waals surface area (Å²) in [6, 6.07) is 7.02. The average molecular weight is 656 g/mol. The van der Waals surface area contributed by atoms with Crippen LogP contribution in [0.4, 0.5) is 10.6 Å². The van der Waals surface area contributed by atoms with E-state index in [1.165, 1.54) is 28.1 Å². The van der Waals surface area contributed by atoms with E-state index in [1.54, 1.807) is 24.3 Å². The Morgan fingerprint density at radius 2 is 1.40 bits per heavy atom. The summed E-state index contributed by atoms with van der Waals surface area (Å²) in [5, 5.41) is 15.2. The van der Waals surface area contributed by atoms with Gasteiger partial charge in [-0.05, 0) is 24.3 Å². The number of nitrogens with zero attached hydrogens (tertiary/aromatic N) is 3. The highest BCUT2D eigenvalue weighted by atomic mass is 35.5. The number of halogens is 4. The fraction of sp³-hybridized carbons (Fsp3) is 0.231. The highest BCUT2D eigenvalue weighted by Gasteiger charge is 2.30. The molecule has 0 bridgehead atoms. The topological polar surface area (TPSA) is 165 Å². The van der Waals surface area contributed by atoms with Gasteiger partial charge in [0.05, 0.1) is 31.2 Å². The van der Waals surface area contributed by atoms with Crippen molar-refractivity contribution in [3.05, 3.63) is 89.9 Å². The number of carboxylic acids is 1. The van der Waals surface area contributed by atoms with Gasteiger partial charge < -0.3 is 30.5 Å². The Labute approximate surface area is 258 Å². The molecule has 0 aliphatic carbocycles. The van der Waals surface area contributed by atoms with Gasteiger partial charge in [0.25, 0.3) is 11.8 Å². The first-order valence-electron chi connectivity index (χ1n) is 12.3. The first kappa shape index (κ1) is 31.1. The Morgan fingerprint density at radius 3 is 1.95 bits per heavy atom. The molecule has 0 saturated carbocycles. The molecular formula is C26H22Cl4N6O6. The molecule has 1 aliphatic rings. The third-order valence-electron chi connectivity index (χ3n) is 6.36. The number of nitrogens with one attached hydrogen (secondary N) is 3. The van der Waals surface area contributed by atoms with Crippen LogP contribution in [0.3, 0.4) is 0 Å². The zero-order valence-corrected chi connectivity index (χ0v) is 24.5. The SMILES string of the molecule is O=C(Nc1nc(=O)[nH]cc1CC(NC(=O)N1CCN(C(=O)c2c(Cl)cccc2Cl)CC1)C(=O)O)c1c(Cl)cccc1Cl. The molecule has 42 heavy (non-hydrogen) atoms. The summed E-state index contributed by atoms with van der Waals surface area (Å²) >= 11 is 24.5. The molecule has 16 heteroatoms. The molecule has 4 N–H and O–H groups in total. The second-order valence-electron chi connectivity index (χ2n) is 9.05. The Kier molecular flexibility index (Phi) is 9.94. The standard InChI is InChI=1S/C26H22Cl4N6O6/c27-14-3-1-4-15(28)19(14)22(37)33-21-13(12-31-25(41)34-21)11-18(24(39)40)32-26(42)36-9-7-35(8-10-36)23(38)20-16(29)5-2-6-17(20)30/h1-6,12,18H,7-11H2,(H,32,42)(H,39,40)(H2,31,33,34,37,41). The number of aromatic nitrogens is 2. The number of carboxylic acid groups (broad SMARTS) is 1. The third-order valence-corrected chi connectivity index (χ3v) is 7.62. The minimum absolute atomic E-state index is 0.0545. The van der Waals surface area contributed by atoms with Crippen LogP contribution in [0.1, 0.15) is 26.3 Å². The Hall–Kier alpha value is -3.84. The number of hydrogen-bond acceptors (Lipinski definition) is 6. The van der Waals surface area contributed by atoms with Crippen molar-refractivity contribution >= 4 is 76.0 Å². The van der Waals surface area contributed by atoms with Gasteiger partial charge in [-0.15, -0.1) is 0 Å². The monoisotopic (exact) mass is 654 g/mol. The molecule has 1 unspecified atom stereocenters. The predicted molar refractivity (Wildman–Crippen MR) is 157 cm³/mol. The van der Waals surface area contributed by atoms with E-state index in [4.69, 9.17) is 46.4 Å². The molecule has 2 heterocycles. The summed E-state index contributed by atoms with van der Waals surface area (Å²) < 4.78 is 0. The lowest BCUT2D eigenvalue weighted by Gasteiger charge is -2.35. The first-order chi connectivity index (χ1) is 20.0. The summed E-state index contributed by atoms with van der Waals surface area (Å²) in [6.45, 7) is 0.560. The lowest BCUT2D eigenvalue weighted by Crippen LogP contribution is -2.56. The Balaban J connectivity index is 1.43. The number of rotatable bonds is 7. The Bertz CT molecular complexity index is 1570. The van der Waals surface area contributed by atoms with Crippen LogP contribution in [0.15, 0.2) is 47.4 Å². The van der Waals surface area contributed by atoms with Crippen molar-refractivity contribution in [3.8, 4) is 0 Å². The van der Waals surface area contributed by atoms with E-state index in [1.807, 2.05) is 0 Å². The number of anilines is 1. The van der Waals surface area contributed by atoms with Gasteiger partial charge in [-0.25, -0.2) is 14.4 Å². The lowest BCUT2D eigenvalue weighted by atomic mass is 10.1. The van der Waals surface area contributed by atoms with Gasteiger partial charge in [-0.3, -0.25) is 9.59 Å². The van der Waals surface area contributed by atoms with E-state index >= 15 is 0 Å². The van der Waals surface area contributed by atoms with E-state index in [0.717, 1.165) is 0 Å². The van der Waals surface area contributed by atoms with Crippen LogP contribution in [0.5, 0.6) is 0 Å². The molecule has 4 rings (SSSR count). The Morgan fingerprint density at radius 1 is 0.881 bits per heavy atom. The summed E-state index contributed by atoms with van der Waals surface area (Å²) in [5.74, 6) is -2.76. The molecule has 1 aliphatic heterocycles. The molecular weight excluding hydrogens is 634 g/mol. The summed E-state index contributed by atoms with van der Waals surface area (Å²) in [6.07, 6.45) is 0.839. The van der Waals surface area contributed by atoms with Crippen LogP contribution >= 0.6 is 46.4 Å². The average Bonchev–Trinajstić information content (AvgIpc) is 2.93. The van der Waals surface area contributed by atoms with Crippen LogP contribution in [-0.2, 0) is 11.2 Å². The summed E-state index contributed by atoms with van der Waals surface area (Å²) in [4.78, 5) is 71.7. The van der Waals surface area contributed by atoms with E-state index in [2.05, 4.69) is 20.6 Å². The summed E-state index contributed by atoms with van der Waals surface area (Å²) in [5.41, 5.74) is -0.586. The molecule has 1 aromatic heterocycles. The van der Waals surface area contributed by atoms with Crippen molar-refractivity contribution in [3.63, 3.8) is 0 Å². The zero-order valence-electron chi connectivity index (χ0n) is 21.5. The number of hydrogen-bond donors (Lipinski definition) is 4. The highest BCUT2D eigenvalue weighted by Crippen LogP contribution is 2.27. The fourth-order valence-corrected chi connectivity index (χ4v) is 5.33. The maximum atomic E-state index is 13.0. The van der Waals surface area contributed by atoms with Gasteiger partial charge in [-0.2, -0.15) is 4.98 Å². The van der Waals surface area contributed by atoms with E-state index in [9.17, 15) is 29.1 Å². The van der Waals surface area contributed by atoms with Gasteiger partial charge >= 0.3 is 17.7 Å². The van der Waals surface area contributed by atoms with Crippen molar-refractivity contribution in [2.24, 2.45) is 0 Å². The number of amides is 4. The molecule has 1 saturated heterocycles. The highest BCUT2D eigenvalue weighted by molar-refractivity contribution is 6.40. The normalized spacial score (nSPS) is 13.8. The van der Waals surface area contributed by atoms with Gasteiger partial charge in [-0.1, -0.05) is 58.5 Å². The van der Waals surface area contributed by atoms with Gasteiger partial charge in [0.1, 0.15) is 11.9 Å². The van der Waals surface area contributed by atoms with Crippen LogP contribution in [-0.4, -0.2) is 80.9 Å². The molecule has 1 atom stereocenters. The zero-order chi connectivity index (χ0) is 30.6. The van der Waals surface area contributed by atoms with Crippen LogP contribution in [0.2, 0.25) is 20.1 Å². The van der Waals surface area contributed by atoms with E-state index in [0.29, 0.717) is 0 Å². The number of carbonyl (C=O) groups excluding carboxylic acids is 3. The molecule has 3 aromatic rings. The minimum Gasteiger partial charge on any atom is -0.480 e. The second kappa shape index (κ2) is 13.4. The molecule has 0 spiro atoms. The lowest BCUT2D eigenvalue weighted by molar-refractivity contribution is -0.139. The van der Waals surface area contributed by atoms with Crippen molar-refractivity contribution in [2.75, 3.05) is 31.5 Å². The molecule has 1 fully saturated rings. The number of aliphatic carboxylic acids is 1. The molecule has 2 aromatic carbocycles. The van der Waals surface area contributed by atoms with Crippen LogP contribution in [0, 0.1) is 0 Å².